The van der Waals surface area contributed by atoms with E-state index in [0.717, 1.165) is 15.6 Å². The number of methoxy groups -OCH3 is 1. The molecule has 1 aromatic carbocycles. The molecular formula is C19H24BrNO5. The smallest absolute Gasteiger partial charge is 0.331 e. The van der Waals surface area contributed by atoms with Gasteiger partial charge in [-0.1, -0.05) is 22.0 Å². The predicted molar refractivity (Wildman–Crippen MR) is 98.6 cm³/mol. The molecule has 0 atom stereocenters. The molecule has 1 spiro atoms. The molecule has 142 valence electrons. The lowest BCUT2D eigenvalue weighted by Crippen LogP contribution is -2.59. The van der Waals surface area contributed by atoms with Gasteiger partial charge in [0.2, 0.25) is 5.91 Å². The first-order valence-corrected chi connectivity index (χ1v) is 9.60. The van der Waals surface area contributed by atoms with Crippen LogP contribution in [0.25, 0.3) is 0 Å². The summed E-state index contributed by atoms with van der Waals surface area (Å²) < 4.78 is 17.4. The summed E-state index contributed by atoms with van der Waals surface area (Å²) in [6.45, 7) is 3.10. The zero-order valence-electron chi connectivity index (χ0n) is 15.1. The lowest BCUT2D eigenvalue weighted by Gasteiger charge is -2.42. The molecule has 1 aliphatic carbocycles. The van der Waals surface area contributed by atoms with Gasteiger partial charge < -0.3 is 19.5 Å². The molecule has 1 saturated carbocycles. The molecule has 2 aliphatic rings. The number of nitrogens with one attached hydrogen (secondary N) is 1. The number of hydrogen-bond donors (Lipinski definition) is 1. The average Bonchev–Trinajstić information content (AvgIpc) is 3.08. The Morgan fingerprint density at radius 3 is 2.46 bits per heavy atom. The maximum atomic E-state index is 12.7. The van der Waals surface area contributed by atoms with E-state index in [1.165, 1.54) is 7.11 Å². The van der Waals surface area contributed by atoms with Gasteiger partial charge in [0.25, 0.3) is 0 Å². The van der Waals surface area contributed by atoms with Gasteiger partial charge in [-0.25, -0.2) is 4.79 Å². The Hall–Kier alpha value is -1.44. The number of carbonyl (C=O) groups excluding carboxylic acids is 2. The van der Waals surface area contributed by atoms with E-state index in [4.69, 9.17) is 14.2 Å². The van der Waals surface area contributed by atoms with Crippen molar-refractivity contribution in [3.8, 4) is 0 Å². The van der Waals surface area contributed by atoms with Crippen molar-refractivity contribution in [2.75, 3.05) is 20.3 Å². The number of rotatable bonds is 4. The highest BCUT2D eigenvalue weighted by Gasteiger charge is 2.51. The van der Waals surface area contributed by atoms with Gasteiger partial charge in [0.15, 0.2) is 5.79 Å². The molecule has 0 unspecified atom stereocenters. The standard InChI is InChI=1S/C19H24BrNO5/c1-13-3-4-15(20)11-14(13)12-16(22)21-18(17(23)24-2)5-7-19(8-6-18)25-9-10-26-19/h3-4,11H,5-10,12H2,1-2H3,(H,21,22). The predicted octanol–water partition coefficient (Wildman–Crippen LogP) is 2.65. The molecule has 6 nitrogen and oxygen atoms in total. The highest BCUT2D eigenvalue weighted by Crippen LogP contribution is 2.40. The third-order valence-electron chi connectivity index (χ3n) is 5.30. The molecule has 1 N–H and O–H groups in total. The van der Waals surface area contributed by atoms with Crippen LogP contribution < -0.4 is 5.32 Å². The van der Waals surface area contributed by atoms with Crippen LogP contribution in [0.4, 0.5) is 0 Å². The van der Waals surface area contributed by atoms with Gasteiger partial charge in [0.05, 0.1) is 26.7 Å². The molecular weight excluding hydrogens is 402 g/mol. The summed E-state index contributed by atoms with van der Waals surface area (Å²) in [5.74, 6) is -1.21. The Kier molecular flexibility index (Phi) is 5.69. The van der Waals surface area contributed by atoms with E-state index >= 15 is 0 Å². The first kappa shape index (κ1) is 19.3. The second-order valence-corrected chi connectivity index (χ2v) is 7.89. The van der Waals surface area contributed by atoms with Crippen LogP contribution >= 0.6 is 15.9 Å². The number of benzene rings is 1. The summed E-state index contributed by atoms with van der Waals surface area (Å²) in [6.07, 6.45) is 2.19. The molecule has 1 saturated heterocycles. The van der Waals surface area contributed by atoms with E-state index < -0.39 is 17.3 Å². The van der Waals surface area contributed by atoms with Gasteiger partial charge in [-0.15, -0.1) is 0 Å². The molecule has 1 amide bonds. The van der Waals surface area contributed by atoms with Crippen LogP contribution in [0.3, 0.4) is 0 Å². The van der Waals surface area contributed by atoms with Crippen LogP contribution in [0.1, 0.15) is 36.8 Å². The van der Waals surface area contributed by atoms with Gasteiger partial charge in [-0.2, -0.15) is 0 Å². The van der Waals surface area contributed by atoms with Crippen LogP contribution in [-0.2, 0) is 30.2 Å². The maximum absolute atomic E-state index is 12.7. The lowest BCUT2D eigenvalue weighted by atomic mass is 9.78. The number of amides is 1. The van der Waals surface area contributed by atoms with Crippen molar-refractivity contribution in [1.29, 1.82) is 0 Å². The van der Waals surface area contributed by atoms with Crippen LogP contribution in [0.5, 0.6) is 0 Å². The fourth-order valence-corrected chi connectivity index (χ4v) is 4.14. The molecule has 7 heteroatoms. The zero-order valence-corrected chi connectivity index (χ0v) is 16.7. The molecule has 0 aromatic heterocycles. The largest absolute Gasteiger partial charge is 0.467 e. The van der Waals surface area contributed by atoms with Gasteiger partial charge >= 0.3 is 5.97 Å². The number of esters is 1. The molecule has 1 aliphatic heterocycles. The Morgan fingerprint density at radius 2 is 1.85 bits per heavy atom. The highest BCUT2D eigenvalue weighted by atomic mass is 79.9. The first-order valence-electron chi connectivity index (χ1n) is 8.80. The summed E-state index contributed by atoms with van der Waals surface area (Å²) in [5.41, 5.74) is 0.934. The Balaban J connectivity index is 1.71. The van der Waals surface area contributed by atoms with E-state index in [0.29, 0.717) is 38.9 Å². The molecule has 3 rings (SSSR count). The minimum Gasteiger partial charge on any atom is -0.467 e. The van der Waals surface area contributed by atoms with E-state index in [9.17, 15) is 9.59 Å². The zero-order chi connectivity index (χ0) is 18.8. The fraction of sp³-hybridized carbons (Fsp3) is 0.579. The summed E-state index contributed by atoms with van der Waals surface area (Å²) in [4.78, 5) is 25.2. The van der Waals surface area contributed by atoms with Crippen molar-refractivity contribution in [3.05, 3.63) is 33.8 Å². The molecule has 1 heterocycles. The summed E-state index contributed by atoms with van der Waals surface area (Å²) in [6, 6.07) is 5.83. The second kappa shape index (κ2) is 7.66. The number of carbonyl (C=O) groups is 2. The fourth-order valence-electron chi connectivity index (χ4n) is 3.73. The van der Waals surface area contributed by atoms with Gasteiger partial charge in [-0.3, -0.25) is 4.79 Å². The SMILES string of the molecule is COC(=O)C1(NC(=O)Cc2cc(Br)ccc2C)CCC2(CC1)OCCO2. The Morgan fingerprint density at radius 1 is 1.19 bits per heavy atom. The Labute approximate surface area is 161 Å². The van der Waals surface area contributed by atoms with Gasteiger partial charge in [0, 0.05) is 17.3 Å². The number of aryl methyl sites for hydroxylation is 1. The van der Waals surface area contributed by atoms with Crippen LogP contribution in [-0.4, -0.2) is 43.5 Å². The average molecular weight is 426 g/mol. The van der Waals surface area contributed by atoms with Crippen molar-refractivity contribution >= 4 is 27.8 Å². The van der Waals surface area contributed by atoms with E-state index in [1.807, 2.05) is 25.1 Å². The number of halogens is 1. The third-order valence-corrected chi connectivity index (χ3v) is 5.79. The third kappa shape index (κ3) is 3.94. The molecule has 2 fully saturated rings. The van der Waals surface area contributed by atoms with Crippen LogP contribution in [0, 0.1) is 6.92 Å². The monoisotopic (exact) mass is 425 g/mol. The van der Waals surface area contributed by atoms with Crippen molar-refractivity contribution in [3.63, 3.8) is 0 Å². The van der Waals surface area contributed by atoms with Crippen molar-refractivity contribution in [2.24, 2.45) is 0 Å². The first-order chi connectivity index (χ1) is 12.4. The highest BCUT2D eigenvalue weighted by molar-refractivity contribution is 9.10. The van der Waals surface area contributed by atoms with E-state index in [1.54, 1.807) is 0 Å². The van der Waals surface area contributed by atoms with Gasteiger partial charge in [0.1, 0.15) is 5.54 Å². The topological polar surface area (TPSA) is 73.9 Å². The quantitative estimate of drug-likeness (QED) is 0.750. The van der Waals surface area contributed by atoms with Gasteiger partial charge in [-0.05, 0) is 43.0 Å². The van der Waals surface area contributed by atoms with Crippen molar-refractivity contribution < 1.29 is 23.8 Å². The van der Waals surface area contributed by atoms with Crippen LogP contribution in [0.15, 0.2) is 22.7 Å². The summed E-state index contributed by atoms with van der Waals surface area (Å²) in [5, 5.41) is 2.94. The van der Waals surface area contributed by atoms with E-state index in [-0.39, 0.29) is 12.3 Å². The molecule has 0 bridgehead atoms. The number of hydrogen-bond acceptors (Lipinski definition) is 5. The summed E-state index contributed by atoms with van der Waals surface area (Å²) >= 11 is 3.43. The Bertz CT molecular complexity index is 689. The van der Waals surface area contributed by atoms with E-state index in [2.05, 4.69) is 21.2 Å². The normalized spacial score (nSPS) is 20.7. The van der Waals surface area contributed by atoms with Crippen molar-refractivity contribution in [1.82, 2.24) is 5.32 Å². The minimum absolute atomic E-state index is 0.194. The minimum atomic E-state index is -1.02. The second-order valence-electron chi connectivity index (χ2n) is 6.98. The van der Waals surface area contributed by atoms with Crippen molar-refractivity contribution in [2.45, 2.75) is 50.4 Å². The molecule has 1 aromatic rings. The molecule has 0 radical (unpaired) electrons. The number of ether oxygens (including phenoxy) is 3. The lowest BCUT2D eigenvalue weighted by molar-refractivity contribution is -0.192. The summed E-state index contributed by atoms with van der Waals surface area (Å²) in [7, 11) is 1.35. The maximum Gasteiger partial charge on any atom is 0.331 e. The molecule has 26 heavy (non-hydrogen) atoms. The van der Waals surface area contributed by atoms with Crippen LogP contribution in [0.2, 0.25) is 0 Å².